The number of esters is 2. The summed E-state index contributed by atoms with van der Waals surface area (Å²) in [6.07, 6.45) is 0.113. The number of rotatable bonds is 4. The summed E-state index contributed by atoms with van der Waals surface area (Å²) in [6.45, 7) is 4.20. The van der Waals surface area contributed by atoms with E-state index >= 15 is 0 Å². The molecular formula is C15H17ClO4. The van der Waals surface area contributed by atoms with Crippen LogP contribution in [0.4, 0.5) is 0 Å². The highest BCUT2D eigenvalue weighted by Crippen LogP contribution is 2.27. The van der Waals surface area contributed by atoms with Gasteiger partial charge < -0.3 is 9.47 Å². The van der Waals surface area contributed by atoms with Crippen LogP contribution in [0.25, 0.3) is 0 Å². The fraction of sp³-hybridized carbons (Fsp3) is 0.467. The van der Waals surface area contributed by atoms with E-state index < -0.39 is 0 Å². The first-order valence-corrected chi connectivity index (χ1v) is 6.97. The average molecular weight is 297 g/mol. The Balaban J connectivity index is 1.93. The van der Waals surface area contributed by atoms with E-state index in [9.17, 15) is 9.59 Å². The first kappa shape index (κ1) is 14.9. The summed E-state index contributed by atoms with van der Waals surface area (Å²) in [7, 11) is 0. The molecule has 20 heavy (non-hydrogen) atoms. The summed E-state index contributed by atoms with van der Waals surface area (Å²) in [6, 6.07) is 6.56. The van der Waals surface area contributed by atoms with Crippen LogP contribution in [-0.2, 0) is 14.3 Å². The topological polar surface area (TPSA) is 52.6 Å². The van der Waals surface area contributed by atoms with Gasteiger partial charge in [0.2, 0.25) is 0 Å². The molecule has 0 radical (unpaired) electrons. The largest absolute Gasteiger partial charge is 0.465 e. The van der Waals surface area contributed by atoms with Crippen LogP contribution in [-0.4, -0.2) is 24.6 Å². The molecule has 2 rings (SSSR count). The van der Waals surface area contributed by atoms with E-state index in [1.165, 1.54) is 0 Å². The van der Waals surface area contributed by atoms with Gasteiger partial charge in [0.25, 0.3) is 0 Å². The lowest BCUT2D eigenvalue weighted by Gasteiger charge is -2.24. The molecular weight excluding hydrogens is 280 g/mol. The molecule has 108 valence electrons. The van der Waals surface area contributed by atoms with Gasteiger partial charge in [-0.1, -0.05) is 18.5 Å². The van der Waals surface area contributed by atoms with Gasteiger partial charge in [-0.15, -0.1) is 0 Å². The Morgan fingerprint density at radius 1 is 1.35 bits per heavy atom. The Morgan fingerprint density at radius 2 is 2.00 bits per heavy atom. The molecule has 0 spiro atoms. The molecule has 1 heterocycles. The number of hydrogen-bond acceptors (Lipinski definition) is 4. The molecule has 0 aliphatic carbocycles. The van der Waals surface area contributed by atoms with Crippen LogP contribution in [0.15, 0.2) is 24.3 Å². The number of carbonyl (C=O) groups excluding carboxylic acids is 2. The fourth-order valence-corrected chi connectivity index (χ4v) is 2.31. The highest BCUT2D eigenvalue weighted by atomic mass is 35.5. The van der Waals surface area contributed by atoms with Gasteiger partial charge in [-0.3, -0.25) is 4.79 Å². The lowest BCUT2D eigenvalue weighted by atomic mass is 9.89. The van der Waals surface area contributed by atoms with Gasteiger partial charge >= 0.3 is 11.9 Å². The lowest BCUT2D eigenvalue weighted by molar-refractivity contribution is -0.137. The SMILES string of the molecule is C[C@H]([C@@H]1COC(=O)C1)[C@@H](C)OC(=O)c1ccc(Cl)cc1. The quantitative estimate of drug-likeness (QED) is 0.801. The monoisotopic (exact) mass is 296 g/mol. The minimum absolute atomic E-state index is 0.0673. The van der Waals surface area contributed by atoms with Crippen molar-refractivity contribution in [1.29, 1.82) is 0 Å². The summed E-state index contributed by atoms with van der Waals surface area (Å²) in [5.41, 5.74) is 0.465. The zero-order valence-corrected chi connectivity index (χ0v) is 12.2. The van der Waals surface area contributed by atoms with Crippen molar-refractivity contribution in [3.05, 3.63) is 34.9 Å². The smallest absolute Gasteiger partial charge is 0.338 e. The Labute approximate surface area is 123 Å². The van der Waals surface area contributed by atoms with Crippen LogP contribution in [0.3, 0.4) is 0 Å². The second kappa shape index (κ2) is 6.27. The van der Waals surface area contributed by atoms with Crippen LogP contribution >= 0.6 is 11.6 Å². The summed E-state index contributed by atoms with van der Waals surface area (Å²) in [4.78, 5) is 23.1. The van der Waals surface area contributed by atoms with Gasteiger partial charge in [0.15, 0.2) is 0 Å². The molecule has 1 fully saturated rings. The van der Waals surface area contributed by atoms with Crippen molar-refractivity contribution in [2.75, 3.05) is 6.61 Å². The van der Waals surface area contributed by atoms with Gasteiger partial charge in [0, 0.05) is 10.9 Å². The molecule has 0 N–H and O–H groups in total. The molecule has 0 unspecified atom stereocenters. The van der Waals surface area contributed by atoms with Crippen molar-refractivity contribution in [3.8, 4) is 0 Å². The third-order valence-electron chi connectivity index (χ3n) is 3.74. The molecule has 0 saturated carbocycles. The summed E-state index contributed by atoms with van der Waals surface area (Å²) < 4.78 is 10.4. The van der Waals surface area contributed by atoms with E-state index in [4.69, 9.17) is 21.1 Å². The number of benzene rings is 1. The van der Waals surface area contributed by atoms with Gasteiger partial charge in [0.1, 0.15) is 6.10 Å². The van der Waals surface area contributed by atoms with Crippen molar-refractivity contribution in [2.24, 2.45) is 11.8 Å². The van der Waals surface area contributed by atoms with Gasteiger partial charge in [-0.2, -0.15) is 0 Å². The minimum atomic E-state index is -0.383. The zero-order valence-electron chi connectivity index (χ0n) is 11.5. The normalized spacial score (nSPS) is 21.1. The third kappa shape index (κ3) is 3.51. The summed E-state index contributed by atoms with van der Waals surface area (Å²) >= 11 is 5.77. The van der Waals surface area contributed by atoms with Crippen molar-refractivity contribution in [2.45, 2.75) is 26.4 Å². The molecule has 1 saturated heterocycles. The fourth-order valence-electron chi connectivity index (χ4n) is 2.18. The van der Waals surface area contributed by atoms with Crippen molar-refractivity contribution >= 4 is 23.5 Å². The molecule has 0 bridgehead atoms. The minimum Gasteiger partial charge on any atom is -0.465 e. The molecule has 5 heteroatoms. The average Bonchev–Trinajstić information content (AvgIpc) is 2.85. The highest BCUT2D eigenvalue weighted by Gasteiger charge is 2.33. The van der Waals surface area contributed by atoms with Crippen molar-refractivity contribution in [1.82, 2.24) is 0 Å². The number of halogens is 1. The van der Waals surface area contributed by atoms with Gasteiger partial charge in [0.05, 0.1) is 18.6 Å². The van der Waals surface area contributed by atoms with Crippen LogP contribution in [0.5, 0.6) is 0 Å². The molecule has 1 aliphatic heterocycles. The molecule has 0 amide bonds. The van der Waals surface area contributed by atoms with E-state index in [-0.39, 0.29) is 29.9 Å². The number of ether oxygens (including phenoxy) is 2. The molecule has 1 aliphatic rings. The predicted molar refractivity (Wildman–Crippen MR) is 74.6 cm³/mol. The lowest BCUT2D eigenvalue weighted by Crippen LogP contribution is -2.28. The van der Waals surface area contributed by atoms with Gasteiger partial charge in [-0.05, 0) is 37.1 Å². The van der Waals surface area contributed by atoms with E-state index in [0.717, 1.165) is 0 Å². The Hall–Kier alpha value is -1.55. The zero-order chi connectivity index (χ0) is 14.7. The Bertz CT molecular complexity index is 497. The van der Waals surface area contributed by atoms with Crippen LogP contribution in [0.2, 0.25) is 5.02 Å². The van der Waals surface area contributed by atoms with Crippen molar-refractivity contribution in [3.63, 3.8) is 0 Å². The van der Waals surface area contributed by atoms with Gasteiger partial charge in [-0.25, -0.2) is 4.79 Å². The molecule has 1 aromatic carbocycles. The molecule has 1 aromatic rings. The number of carbonyl (C=O) groups is 2. The Kier molecular flexibility index (Phi) is 4.65. The summed E-state index contributed by atoms with van der Waals surface area (Å²) in [5.74, 6) is -0.391. The highest BCUT2D eigenvalue weighted by molar-refractivity contribution is 6.30. The second-order valence-electron chi connectivity index (χ2n) is 5.12. The number of hydrogen-bond donors (Lipinski definition) is 0. The third-order valence-corrected chi connectivity index (χ3v) is 4.00. The van der Waals surface area contributed by atoms with E-state index in [2.05, 4.69) is 0 Å². The van der Waals surface area contributed by atoms with E-state index in [1.807, 2.05) is 13.8 Å². The van der Waals surface area contributed by atoms with Crippen molar-refractivity contribution < 1.29 is 19.1 Å². The first-order valence-electron chi connectivity index (χ1n) is 6.59. The van der Waals surface area contributed by atoms with Crippen LogP contribution in [0.1, 0.15) is 30.6 Å². The van der Waals surface area contributed by atoms with E-state index in [1.54, 1.807) is 24.3 Å². The maximum Gasteiger partial charge on any atom is 0.338 e. The molecule has 4 nitrogen and oxygen atoms in total. The number of cyclic esters (lactones) is 1. The summed E-state index contributed by atoms with van der Waals surface area (Å²) in [5, 5.41) is 0.574. The molecule has 0 aromatic heterocycles. The second-order valence-corrected chi connectivity index (χ2v) is 5.56. The van der Waals surface area contributed by atoms with Crippen LogP contribution in [0, 0.1) is 11.8 Å². The Morgan fingerprint density at radius 3 is 2.55 bits per heavy atom. The molecule has 3 atom stereocenters. The predicted octanol–water partition coefficient (Wildman–Crippen LogP) is 3.08. The maximum absolute atomic E-state index is 12.0. The first-order chi connectivity index (χ1) is 9.47. The van der Waals surface area contributed by atoms with Crippen LogP contribution < -0.4 is 0 Å². The standard InChI is InChI=1S/C15H17ClO4/c1-9(12-7-14(17)19-8-12)10(2)20-15(18)11-3-5-13(16)6-4-11/h3-6,9-10,12H,7-8H2,1-2H3/t9-,10+,12-/m0/s1. The van der Waals surface area contributed by atoms with E-state index in [0.29, 0.717) is 23.6 Å². The maximum atomic E-state index is 12.0.